The van der Waals surface area contributed by atoms with Crippen molar-refractivity contribution in [3.8, 4) is 5.75 Å². The maximum atomic E-state index is 12.0. The van der Waals surface area contributed by atoms with Gasteiger partial charge in [0.1, 0.15) is 5.75 Å². The summed E-state index contributed by atoms with van der Waals surface area (Å²) in [5.74, 6) is 0.552. The normalized spacial score (nSPS) is 10.6. The van der Waals surface area contributed by atoms with Gasteiger partial charge in [-0.2, -0.15) is 0 Å². The number of pyridine rings is 1. The second-order valence-electron chi connectivity index (χ2n) is 4.57. The fourth-order valence-corrected chi connectivity index (χ4v) is 1.96. The first-order valence-corrected chi connectivity index (χ1v) is 6.34. The van der Waals surface area contributed by atoms with Gasteiger partial charge in [0.25, 0.3) is 5.91 Å². The van der Waals surface area contributed by atoms with Gasteiger partial charge in [0, 0.05) is 17.5 Å². The molecule has 1 aromatic carbocycles. The predicted octanol–water partition coefficient (Wildman–Crippen LogP) is 2.79. The van der Waals surface area contributed by atoms with E-state index in [0.717, 1.165) is 16.7 Å². The van der Waals surface area contributed by atoms with E-state index in [2.05, 4.69) is 15.5 Å². The van der Waals surface area contributed by atoms with Gasteiger partial charge in [-0.05, 0) is 25.1 Å². The summed E-state index contributed by atoms with van der Waals surface area (Å²) in [5.41, 5.74) is 2.04. The van der Waals surface area contributed by atoms with Crippen LogP contribution in [0.25, 0.3) is 10.9 Å². The molecule has 6 heteroatoms. The zero-order valence-corrected chi connectivity index (χ0v) is 11.6. The van der Waals surface area contributed by atoms with Gasteiger partial charge in [0.2, 0.25) is 5.76 Å². The highest BCUT2D eigenvalue weighted by Gasteiger charge is 2.12. The number of nitrogens with zero attached hydrogens (tertiary/aromatic N) is 2. The van der Waals surface area contributed by atoms with Crippen LogP contribution in [-0.4, -0.2) is 23.2 Å². The van der Waals surface area contributed by atoms with Gasteiger partial charge >= 0.3 is 0 Å². The third-order valence-corrected chi connectivity index (χ3v) is 3.00. The molecule has 0 atom stereocenters. The van der Waals surface area contributed by atoms with Crippen molar-refractivity contribution < 1.29 is 14.1 Å². The molecule has 0 saturated heterocycles. The van der Waals surface area contributed by atoms with Crippen LogP contribution in [0, 0.1) is 6.92 Å². The number of hydrogen-bond donors (Lipinski definition) is 1. The van der Waals surface area contributed by atoms with E-state index in [1.807, 2.05) is 24.3 Å². The van der Waals surface area contributed by atoms with Gasteiger partial charge < -0.3 is 14.6 Å². The largest absolute Gasteiger partial charge is 0.497 e. The lowest BCUT2D eigenvalue weighted by molar-refractivity contribution is 0.0988. The summed E-state index contributed by atoms with van der Waals surface area (Å²) >= 11 is 0. The van der Waals surface area contributed by atoms with Gasteiger partial charge in [-0.3, -0.25) is 9.78 Å². The Labute approximate surface area is 120 Å². The first-order valence-electron chi connectivity index (χ1n) is 6.34. The average molecular weight is 283 g/mol. The van der Waals surface area contributed by atoms with E-state index in [1.54, 1.807) is 26.3 Å². The van der Waals surface area contributed by atoms with E-state index in [4.69, 9.17) is 9.26 Å². The highest BCUT2D eigenvalue weighted by molar-refractivity contribution is 6.03. The minimum absolute atomic E-state index is 0.169. The molecule has 1 N–H and O–H groups in total. The minimum atomic E-state index is -0.356. The number of ether oxygens (including phenoxy) is 1. The molecule has 0 aliphatic rings. The molecule has 106 valence electrons. The fraction of sp³-hybridized carbons (Fsp3) is 0.133. The molecule has 2 aromatic heterocycles. The maximum absolute atomic E-state index is 12.0. The van der Waals surface area contributed by atoms with Crippen LogP contribution in [-0.2, 0) is 0 Å². The van der Waals surface area contributed by atoms with Crippen LogP contribution in [0.3, 0.4) is 0 Å². The van der Waals surface area contributed by atoms with Crippen LogP contribution in [0.2, 0.25) is 0 Å². The van der Waals surface area contributed by atoms with Crippen LogP contribution >= 0.6 is 0 Å². The van der Waals surface area contributed by atoms with Crippen molar-refractivity contribution >= 4 is 22.5 Å². The molecule has 3 aromatic rings. The maximum Gasteiger partial charge on any atom is 0.294 e. The molecule has 6 nitrogen and oxygen atoms in total. The molecule has 0 spiro atoms. The Balaban J connectivity index is 1.86. The molecular formula is C15H13N3O3. The van der Waals surface area contributed by atoms with E-state index in [-0.39, 0.29) is 11.7 Å². The number of methoxy groups -OCH3 is 1. The number of aromatic nitrogens is 2. The van der Waals surface area contributed by atoms with Crippen LogP contribution in [0.4, 0.5) is 5.69 Å². The summed E-state index contributed by atoms with van der Waals surface area (Å²) in [4.78, 5) is 16.3. The molecule has 2 heterocycles. The van der Waals surface area contributed by atoms with Gasteiger partial charge in [0.05, 0.1) is 30.2 Å². The number of aryl methyl sites for hydroxylation is 1. The van der Waals surface area contributed by atoms with Crippen molar-refractivity contribution in [3.05, 3.63) is 48.0 Å². The number of fused-ring (bicyclic) bond motifs is 1. The number of carbonyl (C=O) groups is 1. The summed E-state index contributed by atoms with van der Waals surface area (Å²) in [7, 11) is 1.61. The smallest absolute Gasteiger partial charge is 0.294 e. The average Bonchev–Trinajstić information content (AvgIpc) is 2.93. The Kier molecular flexibility index (Phi) is 3.27. The van der Waals surface area contributed by atoms with Gasteiger partial charge in [-0.15, -0.1) is 0 Å². The predicted molar refractivity (Wildman–Crippen MR) is 77.5 cm³/mol. The highest BCUT2D eigenvalue weighted by atomic mass is 16.5. The Hall–Kier alpha value is -2.89. The summed E-state index contributed by atoms with van der Waals surface area (Å²) in [6.45, 7) is 1.76. The van der Waals surface area contributed by atoms with Crippen molar-refractivity contribution in [2.75, 3.05) is 12.4 Å². The molecule has 0 fully saturated rings. The Bertz CT molecular complexity index is 811. The quantitative estimate of drug-likeness (QED) is 0.799. The number of hydrogen-bond acceptors (Lipinski definition) is 5. The standard InChI is InChI=1S/C15H13N3O3/c1-9-5-14(21-18-9)15(19)17-11-6-10-3-4-12(20-2)7-13(10)16-8-11/h3-8H,1-2H3,(H,17,19). The first-order chi connectivity index (χ1) is 10.2. The monoisotopic (exact) mass is 283 g/mol. The van der Waals surface area contributed by atoms with Crippen molar-refractivity contribution in [1.82, 2.24) is 10.1 Å². The molecule has 0 aliphatic heterocycles. The zero-order chi connectivity index (χ0) is 14.8. The van der Waals surface area contributed by atoms with Crippen molar-refractivity contribution in [3.63, 3.8) is 0 Å². The van der Waals surface area contributed by atoms with E-state index >= 15 is 0 Å². The van der Waals surface area contributed by atoms with Gasteiger partial charge in [0.15, 0.2) is 0 Å². The summed E-state index contributed by atoms with van der Waals surface area (Å²) < 4.78 is 10.1. The molecule has 0 saturated carbocycles. The number of amides is 1. The Morgan fingerprint density at radius 3 is 2.86 bits per heavy atom. The summed E-state index contributed by atoms with van der Waals surface area (Å²) in [6.07, 6.45) is 1.59. The molecular weight excluding hydrogens is 270 g/mol. The topological polar surface area (TPSA) is 77.2 Å². The second-order valence-corrected chi connectivity index (χ2v) is 4.57. The molecule has 0 aliphatic carbocycles. The summed E-state index contributed by atoms with van der Waals surface area (Å²) in [5, 5.41) is 7.31. The summed E-state index contributed by atoms with van der Waals surface area (Å²) in [6, 6.07) is 8.98. The molecule has 1 amide bonds. The van der Waals surface area contributed by atoms with Crippen LogP contribution in [0.15, 0.2) is 41.1 Å². The lowest BCUT2D eigenvalue weighted by Gasteiger charge is -2.05. The fourth-order valence-electron chi connectivity index (χ4n) is 1.96. The van der Waals surface area contributed by atoms with Crippen molar-refractivity contribution in [1.29, 1.82) is 0 Å². The highest BCUT2D eigenvalue weighted by Crippen LogP contribution is 2.21. The van der Waals surface area contributed by atoms with Gasteiger partial charge in [-0.25, -0.2) is 0 Å². The SMILES string of the molecule is COc1ccc2cc(NC(=O)c3cc(C)no3)cnc2c1. The van der Waals surface area contributed by atoms with E-state index in [0.29, 0.717) is 11.4 Å². The molecule has 21 heavy (non-hydrogen) atoms. The molecule has 0 unspecified atom stereocenters. The van der Waals surface area contributed by atoms with Crippen molar-refractivity contribution in [2.45, 2.75) is 6.92 Å². The number of anilines is 1. The lowest BCUT2D eigenvalue weighted by Crippen LogP contribution is -2.11. The number of carbonyl (C=O) groups excluding carboxylic acids is 1. The third-order valence-electron chi connectivity index (χ3n) is 3.00. The number of rotatable bonds is 3. The van der Waals surface area contributed by atoms with E-state index in [1.165, 1.54) is 0 Å². The lowest BCUT2D eigenvalue weighted by atomic mass is 10.2. The van der Waals surface area contributed by atoms with Gasteiger partial charge in [-0.1, -0.05) is 5.16 Å². The molecule has 0 radical (unpaired) electrons. The number of nitrogens with one attached hydrogen (secondary N) is 1. The Morgan fingerprint density at radius 1 is 1.29 bits per heavy atom. The van der Waals surface area contributed by atoms with Crippen LogP contribution < -0.4 is 10.1 Å². The zero-order valence-electron chi connectivity index (χ0n) is 11.6. The molecule has 3 rings (SSSR count). The van der Waals surface area contributed by atoms with Crippen LogP contribution in [0.1, 0.15) is 16.2 Å². The first kappa shape index (κ1) is 13.1. The third kappa shape index (κ3) is 2.69. The minimum Gasteiger partial charge on any atom is -0.497 e. The second kappa shape index (κ2) is 5.24. The molecule has 0 bridgehead atoms. The number of benzene rings is 1. The van der Waals surface area contributed by atoms with E-state index in [9.17, 15) is 4.79 Å². The van der Waals surface area contributed by atoms with Crippen LogP contribution in [0.5, 0.6) is 5.75 Å². The Morgan fingerprint density at radius 2 is 2.14 bits per heavy atom. The van der Waals surface area contributed by atoms with Crippen molar-refractivity contribution in [2.24, 2.45) is 0 Å². The van der Waals surface area contributed by atoms with E-state index < -0.39 is 0 Å².